The Balaban J connectivity index is 2.19. The average Bonchev–Trinajstić information content (AvgIpc) is 2.65. The molecule has 10 heteroatoms. The Hall–Kier alpha value is -1.84. The molecule has 0 spiro atoms. The van der Waals surface area contributed by atoms with Crippen molar-refractivity contribution in [2.45, 2.75) is 26.1 Å². The Kier molecular flexibility index (Phi) is 4.32. The van der Waals surface area contributed by atoms with Gasteiger partial charge in [0.15, 0.2) is 0 Å². The molecule has 0 bridgehead atoms. The molecule has 1 aliphatic rings. The molecule has 1 saturated heterocycles. The normalized spacial score (nSPS) is 20.5. The number of aryl methyl sites for hydroxylation is 2. The molecule has 0 aliphatic carbocycles. The highest BCUT2D eigenvalue weighted by atomic mass is 19.4. The van der Waals surface area contributed by atoms with Crippen LogP contribution in [0.3, 0.4) is 0 Å². The predicted molar refractivity (Wildman–Crippen MR) is 73.9 cm³/mol. The molecule has 0 aromatic carbocycles. The molecule has 124 valence electrons. The average molecular weight is 321 g/mol. The van der Waals surface area contributed by atoms with E-state index in [0.717, 1.165) is 0 Å². The molecule has 22 heavy (non-hydrogen) atoms. The third-order valence-corrected chi connectivity index (χ3v) is 3.79. The number of hydrogen-bond acceptors (Lipinski definition) is 5. The van der Waals surface area contributed by atoms with Gasteiger partial charge in [-0.25, -0.2) is 4.68 Å². The highest BCUT2D eigenvalue weighted by molar-refractivity contribution is 5.61. The first kappa shape index (κ1) is 16.5. The van der Waals surface area contributed by atoms with Crippen LogP contribution in [0.4, 0.5) is 24.7 Å². The van der Waals surface area contributed by atoms with Crippen LogP contribution in [-0.2, 0) is 7.05 Å². The molecule has 1 unspecified atom stereocenters. The van der Waals surface area contributed by atoms with Gasteiger partial charge in [0.05, 0.1) is 11.5 Å². The zero-order valence-electron chi connectivity index (χ0n) is 12.6. The summed E-state index contributed by atoms with van der Waals surface area (Å²) in [6, 6.07) is -0.356. The third-order valence-electron chi connectivity index (χ3n) is 3.79. The molecule has 1 aliphatic heterocycles. The van der Waals surface area contributed by atoms with Crippen molar-refractivity contribution in [1.82, 2.24) is 14.7 Å². The van der Waals surface area contributed by atoms with Crippen LogP contribution >= 0.6 is 0 Å². The van der Waals surface area contributed by atoms with Gasteiger partial charge in [0.25, 0.3) is 0 Å². The second kappa shape index (κ2) is 5.75. The van der Waals surface area contributed by atoms with Crippen LogP contribution in [0.2, 0.25) is 0 Å². The zero-order chi connectivity index (χ0) is 16.7. The fourth-order valence-corrected chi connectivity index (χ4v) is 2.86. The summed E-state index contributed by atoms with van der Waals surface area (Å²) in [6.07, 6.45) is -4.24. The summed E-state index contributed by atoms with van der Waals surface area (Å²) in [4.78, 5) is 13.8. The first-order chi connectivity index (χ1) is 10.1. The minimum Gasteiger partial charge on any atom is -0.348 e. The topological polar surface area (TPSA) is 67.4 Å². The molecule has 0 saturated carbocycles. The lowest BCUT2D eigenvalue weighted by molar-refractivity contribution is -0.384. The van der Waals surface area contributed by atoms with Gasteiger partial charge in [-0.2, -0.15) is 18.3 Å². The highest BCUT2D eigenvalue weighted by Gasteiger charge is 2.37. The van der Waals surface area contributed by atoms with E-state index in [1.54, 1.807) is 25.8 Å². The summed E-state index contributed by atoms with van der Waals surface area (Å²) in [5.41, 5.74) is 0.215. The quantitative estimate of drug-likeness (QED) is 0.626. The third kappa shape index (κ3) is 3.32. The van der Waals surface area contributed by atoms with E-state index >= 15 is 0 Å². The van der Waals surface area contributed by atoms with Crippen molar-refractivity contribution in [2.24, 2.45) is 7.05 Å². The lowest BCUT2D eigenvalue weighted by atomic mass is 10.2. The van der Waals surface area contributed by atoms with Gasteiger partial charge in [-0.05, 0) is 13.8 Å². The number of halogens is 3. The van der Waals surface area contributed by atoms with Crippen molar-refractivity contribution < 1.29 is 18.1 Å². The van der Waals surface area contributed by atoms with Gasteiger partial charge in [-0.3, -0.25) is 15.0 Å². The zero-order valence-corrected chi connectivity index (χ0v) is 12.6. The second-order valence-electron chi connectivity index (χ2n) is 5.52. The van der Waals surface area contributed by atoms with E-state index in [9.17, 15) is 23.3 Å². The van der Waals surface area contributed by atoms with Gasteiger partial charge in [-0.15, -0.1) is 0 Å². The largest absolute Gasteiger partial charge is 0.401 e. The number of hydrogen-bond donors (Lipinski definition) is 0. The van der Waals surface area contributed by atoms with Gasteiger partial charge >= 0.3 is 11.9 Å². The van der Waals surface area contributed by atoms with Crippen LogP contribution in [0, 0.1) is 17.0 Å². The minimum absolute atomic E-state index is 0.0843. The second-order valence-corrected chi connectivity index (χ2v) is 5.52. The van der Waals surface area contributed by atoms with Crippen LogP contribution in [-0.4, -0.2) is 58.0 Å². The number of piperazine rings is 1. The maximum atomic E-state index is 12.5. The Morgan fingerprint density at radius 3 is 2.55 bits per heavy atom. The summed E-state index contributed by atoms with van der Waals surface area (Å²) in [6.45, 7) is 3.05. The maximum Gasteiger partial charge on any atom is 0.401 e. The number of alkyl halides is 3. The predicted octanol–water partition coefficient (Wildman–Crippen LogP) is 1.71. The van der Waals surface area contributed by atoms with Gasteiger partial charge in [0, 0.05) is 32.7 Å². The Bertz CT molecular complexity index is 572. The van der Waals surface area contributed by atoms with Crippen molar-refractivity contribution in [1.29, 1.82) is 0 Å². The molecule has 1 aromatic rings. The van der Waals surface area contributed by atoms with E-state index < -0.39 is 17.6 Å². The summed E-state index contributed by atoms with van der Waals surface area (Å²) in [5.74, 6) is 0.348. The van der Waals surface area contributed by atoms with E-state index in [1.165, 1.54) is 9.58 Å². The van der Waals surface area contributed by atoms with Crippen LogP contribution in [0.25, 0.3) is 0 Å². The summed E-state index contributed by atoms with van der Waals surface area (Å²) >= 11 is 0. The SMILES string of the molecule is Cc1nn(C)c(N2CCN(CC(F)(F)F)C(C)C2)c1[N+](=O)[O-]. The molecule has 2 heterocycles. The lowest BCUT2D eigenvalue weighted by Gasteiger charge is -2.40. The van der Waals surface area contributed by atoms with E-state index in [1.807, 2.05) is 0 Å². The number of anilines is 1. The van der Waals surface area contributed by atoms with E-state index in [4.69, 9.17) is 0 Å². The van der Waals surface area contributed by atoms with Crippen LogP contribution in [0.1, 0.15) is 12.6 Å². The van der Waals surface area contributed by atoms with Crippen LogP contribution in [0.5, 0.6) is 0 Å². The molecule has 1 atom stereocenters. The molecule has 1 fully saturated rings. The molecular formula is C12H18F3N5O2. The van der Waals surface area contributed by atoms with E-state index in [2.05, 4.69) is 5.10 Å². The number of nitrogens with zero attached hydrogens (tertiary/aromatic N) is 5. The van der Waals surface area contributed by atoms with Crippen molar-refractivity contribution in [3.8, 4) is 0 Å². The van der Waals surface area contributed by atoms with Crippen molar-refractivity contribution in [3.63, 3.8) is 0 Å². The van der Waals surface area contributed by atoms with Crippen LogP contribution in [0.15, 0.2) is 0 Å². The highest BCUT2D eigenvalue weighted by Crippen LogP contribution is 2.32. The van der Waals surface area contributed by atoms with Gasteiger partial charge in [-0.1, -0.05) is 0 Å². The Labute approximate surface area is 125 Å². The van der Waals surface area contributed by atoms with Crippen molar-refractivity contribution in [2.75, 3.05) is 31.1 Å². The van der Waals surface area contributed by atoms with Crippen molar-refractivity contribution >= 4 is 11.5 Å². The summed E-state index contributed by atoms with van der Waals surface area (Å²) in [7, 11) is 1.60. The van der Waals surface area contributed by atoms with E-state index in [-0.39, 0.29) is 24.8 Å². The summed E-state index contributed by atoms with van der Waals surface area (Å²) < 4.78 is 39.0. The van der Waals surface area contributed by atoms with Crippen LogP contribution < -0.4 is 4.90 Å². The van der Waals surface area contributed by atoms with Gasteiger partial charge < -0.3 is 4.90 Å². The Morgan fingerprint density at radius 1 is 1.41 bits per heavy atom. The molecule has 0 radical (unpaired) electrons. The molecule has 0 N–H and O–H groups in total. The first-order valence-electron chi connectivity index (χ1n) is 6.84. The van der Waals surface area contributed by atoms with E-state index in [0.29, 0.717) is 18.1 Å². The molecular weight excluding hydrogens is 303 g/mol. The summed E-state index contributed by atoms with van der Waals surface area (Å²) in [5, 5.41) is 15.2. The minimum atomic E-state index is -4.24. The Morgan fingerprint density at radius 2 is 2.05 bits per heavy atom. The first-order valence-corrected chi connectivity index (χ1v) is 6.84. The fraction of sp³-hybridized carbons (Fsp3) is 0.750. The van der Waals surface area contributed by atoms with Gasteiger partial charge in [0.2, 0.25) is 5.82 Å². The number of nitro groups is 1. The molecule has 0 amide bonds. The number of rotatable bonds is 3. The number of aromatic nitrogens is 2. The lowest BCUT2D eigenvalue weighted by Crippen LogP contribution is -2.54. The smallest absolute Gasteiger partial charge is 0.348 e. The standard InChI is InChI=1S/C12H18F3N5O2/c1-8-6-18(4-5-19(8)7-12(13,14)15)11-10(20(21)22)9(2)16-17(11)3/h8H,4-7H2,1-3H3. The molecule has 7 nitrogen and oxygen atoms in total. The van der Waals surface area contributed by atoms with Crippen molar-refractivity contribution in [3.05, 3.63) is 15.8 Å². The molecule has 2 rings (SSSR count). The maximum absolute atomic E-state index is 12.5. The van der Waals surface area contributed by atoms with Gasteiger partial charge in [0.1, 0.15) is 5.69 Å². The fourth-order valence-electron chi connectivity index (χ4n) is 2.86. The monoisotopic (exact) mass is 321 g/mol. The molecule has 1 aromatic heterocycles.